The van der Waals surface area contributed by atoms with Crippen molar-refractivity contribution in [3.63, 3.8) is 0 Å². The van der Waals surface area contributed by atoms with E-state index in [0.29, 0.717) is 22.8 Å². The molecule has 8 heteroatoms. The van der Waals surface area contributed by atoms with Gasteiger partial charge < -0.3 is 14.2 Å². The van der Waals surface area contributed by atoms with Crippen LogP contribution in [0.15, 0.2) is 12.1 Å². The van der Waals surface area contributed by atoms with E-state index in [0.717, 1.165) is 3.57 Å². The zero-order valence-corrected chi connectivity index (χ0v) is 13.9. The van der Waals surface area contributed by atoms with Crippen molar-refractivity contribution in [2.24, 2.45) is 0 Å². The van der Waals surface area contributed by atoms with Crippen LogP contribution in [0.3, 0.4) is 0 Å². The van der Waals surface area contributed by atoms with E-state index in [1.807, 2.05) is 6.07 Å². The number of esters is 1. The van der Waals surface area contributed by atoms with Crippen LogP contribution in [0, 0.1) is 3.57 Å². The summed E-state index contributed by atoms with van der Waals surface area (Å²) in [6.07, 6.45) is 0. The standard InChI is InChI=1S/C13H14IN3O4/c1-4-21-13(18)11-10(15-17-16-11)7-5-8(14)12(20-3)9(6-7)19-2/h5-6H,4H2,1-3H3,(H,15,16,17). The average Bonchev–Trinajstić information content (AvgIpc) is 2.96. The molecule has 0 fully saturated rings. The van der Waals surface area contributed by atoms with Crippen molar-refractivity contribution < 1.29 is 19.0 Å². The number of nitrogens with one attached hydrogen (secondary N) is 1. The molecule has 1 N–H and O–H groups in total. The number of halogens is 1. The van der Waals surface area contributed by atoms with Gasteiger partial charge in [0.05, 0.1) is 24.4 Å². The molecule has 0 amide bonds. The second-order valence-corrected chi connectivity index (χ2v) is 5.10. The minimum absolute atomic E-state index is 0.139. The van der Waals surface area contributed by atoms with Crippen LogP contribution >= 0.6 is 22.6 Å². The molecular weight excluding hydrogens is 389 g/mol. The summed E-state index contributed by atoms with van der Waals surface area (Å²) in [6, 6.07) is 3.57. The van der Waals surface area contributed by atoms with E-state index < -0.39 is 5.97 Å². The minimum Gasteiger partial charge on any atom is -0.493 e. The van der Waals surface area contributed by atoms with Crippen LogP contribution in [0.25, 0.3) is 11.3 Å². The number of ether oxygens (including phenoxy) is 3. The molecule has 0 saturated carbocycles. The van der Waals surface area contributed by atoms with Crippen LogP contribution in [0.1, 0.15) is 17.4 Å². The SMILES string of the molecule is CCOC(=O)c1n[nH]nc1-c1cc(I)c(OC)c(OC)c1. The first-order chi connectivity index (χ1) is 10.1. The maximum absolute atomic E-state index is 11.9. The van der Waals surface area contributed by atoms with Crippen LogP contribution in [0.4, 0.5) is 0 Å². The third kappa shape index (κ3) is 3.09. The normalized spacial score (nSPS) is 10.3. The first kappa shape index (κ1) is 15.5. The molecule has 0 aliphatic heterocycles. The highest BCUT2D eigenvalue weighted by atomic mass is 127. The molecule has 0 radical (unpaired) electrons. The zero-order chi connectivity index (χ0) is 15.4. The number of carbonyl (C=O) groups is 1. The van der Waals surface area contributed by atoms with Crippen molar-refractivity contribution in [2.45, 2.75) is 6.92 Å². The highest BCUT2D eigenvalue weighted by Crippen LogP contribution is 2.37. The summed E-state index contributed by atoms with van der Waals surface area (Å²) < 4.78 is 16.4. The fourth-order valence-electron chi connectivity index (χ4n) is 1.83. The molecular formula is C13H14IN3O4. The summed E-state index contributed by atoms with van der Waals surface area (Å²) in [7, 11) is 3.12. The summed E-state index contributed by atoms with van der Waals surface area (Å²) in [5.41, 5.74) is 1.24. The largest absolute Gasteiger partial charge is 0.493 e. The van der Waals surface area contributed by atoms with Gasteiger partial charge in [-0.15, -0.1) is 5.10 Å². The number of nitrogens with zero attached hydrogens (tertiary/aromatic N) is 2. The van der Waals surface area contributed by atoms with Gasteiger partial charge in [0.2, 0.25) is 0 Å². The smallest absolute Gasteiger partial charge is 0.361 e. The molecule has 0 unspecified atom stereocenters. The molecule has 112 valence electrons. The van der Waals surface area contributed by atoms with E-state index in [1.54, 1.807) is 27.2 Å². The monoisotopic (exact) mass is 403 g/mol. The highest BCUT2D eigenvalue weighted by molar-refractivity contribution is 14.1. The van der Waals surface area contributed by atoms with Gasteiger partial charge in [-0.3, -0.25) is 0 Å². The van der Waals surface area contributed by atoms with E-state index in [2.05, 4.69) is 38.0 Å². The Morgan fingerprint density at radius 1 is 1.29 bits per heavy atom. The van der Waals surface area contributed by atoms with E-state index >= 15 is 0 Å². The molecule has 0 aliphatic carbocycles. The van der Waals surface area contributed by atoms with Gasteiger partial charge in [-0.2, -0.15) is 10.3 Å². The van der Waals surface area contributed by atoms with Crippen LogP contribution in [-0.4, -0.2) is 42.2 Å². The van der Waals surface area contributed by atoms with Gasteiger partial charge in [-0.1, -0.05) is 0 Å². The van der Waals surface area contributed by atoms with Gasteiger partial charge >= 0.3 is 5.97 Å². The number of aromatic nitrogens is 3. The van der Waals surface area contributed by atoms with Crippen molar-refractivity contribution in [1.29, 1.82) is 0 Å². The molecule has 1 aromatic carbocycles. The molecule has 7 nitrogen and oxygen atoms in total. The maximum atomic E-state index is 11.9. The Morgan fingerprint density at radius 3 is 2.67 bits per heavy atom. The number of carbonyl (C=O) groups excluding carboxylic acids is 1. The Morgan fingerprint density at radius 2 is 2.05 bits per heavy atom. The van der Waals surface area contributed by atoms with Crippen LogP contribution in [0.5, 0.6) is 11.5 Å². The molecule has 0 atom stereocenters. The van der Waals surface area contributed by atoms with Crippen LogP contribution in [0.2, 0.25) is 0 Å². The topological polar surface area (TPSA) is 86.3 Å². The summed E-state index contributed by atoms with van der Waals surface area (Å²) in [6.45, 7) is 2.01. The third-order valence-electron chi connectivity index (χ3n) is 2.72. The lowest BCUT2D eigenvalue weighted by Gasteiger charge is -2.11. The molecule has 1 heterocycles. The van der Waals surface area contributed by atoms with Crippen molar-refractivity contribution in [3.8, 4) is 22.8 Å². The predicted molar refractivity (Wildman–Crippen MR) is 83.6 cm³/mol. The average molecular weight is 403 g/mol. The Bertz CT molecular complexity index is 657. The maximum Gasteiger partial charge on any atom is 0.361 e. The zero-order valence-electron chi connectivity index (χ0n) is 11.8. The van der Waals surface area contributed by atoms with Gasteiger partial charge in [-0.05, 0) is 41.6 Å². The number of hydrogen-bond donors (Lipinski definition) is 1. The molecule has 21 heavy (non-hydrogen) atoms. The lowest BCUT2D eigenvalue weighted by Crippen LogP contribution is -2.07. The van der Waals surface area contributed by atoms with Crippen LogP contribution in [-0.2, 0) is 4.74 Å². The Balaban J connectivity index is 2.51. The number of benzene rings is 1. The molecule has 1 aromatic heterocycles. The van der Waals surface area contributed by atoms with Gasteiger partial charge in [0.1, 0.15) is 5.69 Å². The molecule has 0 saturated heterocycles. The molecule has 0 aliphatic rings. The number of H-pyrrole nitrogens is 1. The molecule has 0 bridgehead atoms. The Kier molecular flexibility index (Phi) is 4.99. The highest BCUT2D eigenvalue weighted by Gasteiger charge is 2.21. The van der Waals surface area contributed by atoms with Crippen molar-refractivity contribution in [3.05, 3.63) is 21.4 Å². The quantitative estimate of drug-likeness (QED) is 0.609. The minimum atomic E-state index is -0.522. The van der Waals surface area contributed by atoms with E-state index in [9.17, 15) is 4.79 Å². The van der Waals surface area contributed by atoms with Gasteiger partial charge in [0, 0.05) is 5.56 Å². The van der Waals surface area contributed by atoms with E-state index in [1.165, 1.54) is 0 Å². The van der Waals surface area contributed by atoms with Gasteiger partial charge in [0.25, 0.3) is 0 Å². The van der Waals surface area contributed by atoms with Crippen LogP contribution < -0.4 is 9.47 Å². The van der Waals surface area contributed by atoms with E-state index in [-0.39, 0.29) is 12.3 Å². The number of hydrogen-bond acceptors (Lipinski definition) is 6. The summed E-state index contributed by atoms with van der Waals surface area (Å²) in [5, 5.41) is 10.3. The molecule has 2 rings (SSSR count). The fraction of sp³-hybridized carbons (Fsp3) is 0.308. The van der Waals surface area contributed by atoms with E-state index in [4.69, 9.17) is 14.2 Å². The Hall–Kier alpha value is -1.84. The van der Waals surface area contributed by atoms with Crippen molar-refractivity contribution >= 4 is 28.6 Å². The number of rotatable bonds is 5. The first-order valence-electron chi connectivity index (χ1n) is 6.12. The lowest BCUT2D eigenvalue weighted by molar-refractivity contribution is 0.0520. The fourth-order valence-corrected chi connectivity index (χ4v) is 2.65. The number of methoxy groups -OCH3 is 2. The molecule has 2 aromatic rings. The number of aromatic amines is 1. The van der Waals surface area contributed by atoms with Gasteiger partial charge in [-0.25, -0.2) is 4.79 Å². The summed E-state index contributed by atoms with van der Waals surface area (Å²) >= 11 is 2.13. The van der Waals surface area contributed by atoms with Crippen molar-refractivity contribution in [2.75, 3.05) is 20.8 Å². The molecule has 0 spiro atoms. The summed E-state index contributed by atoms with van der Waals surface area (Å²) in [5.74, 6) is 0.659. The lowest BCUT2D eigenvalue weighted by atomic mass is 10.1. The van der Waals surface area contributed by atoms with Gasteiger partial charge in [0.15, 0.2) is 17.2 Å². The third-order valence-corrected chi connectivity index (χ3v) is 3.52. The summed E-state index contributed by atoms with van der Waals surface area (Å²) in [4.78, 5) is 11.9. The first-order valence-corrected chi connectivity index (χ1v) is 7.20. The Labute approximate surface area is 135 Å². The second-order valence-electron chi connectivity index (χ2n) is 3.93. The predicted octanol–water partition coefficient (Wildman–Crippen LogP) is 2.27. The second kappa shape index (κ2) is 6.74. The van der Waals surface area contributed by atoms with Crippen molar-refractivity contribution in [1.82, 2.24) is 15.4 Å².